The molecule has 2 heterocycles. The van der Waals surface area contributed by atoms with Crippen LogP contribution in [-0.2, 0) is 17.5 Å². The van der Waals surface area contributed by atoms with Crippen molar-refractivity contribution in [1.82, 2.24) is 19.6 Å². The lowest BCUT2D eigenvalue weighted by molar-refractivity contribution is -0.138. The first kappa shape index (κ1) is 32.0. The molecule has 4 rings (SSSR count). The van der Waals surface area contributed by atoms with Crippen LogP contribution in [0.2, 0.25) is 5.02 Å². The molecule has 1 fully saturated rings. The van der Waals surface area contributed by atoms with E-state index in [1.165, 1.54) is 21.7 Å². The zero-order chi connectivity index (χ0) is 30.6. The van der Waals surface area contributed by atoms with Crippen LogP contribution in [0.25, 0.3) is 17.0 Å². The van der Waals surface area contributed by atoms with Crippen LogP contribution in [0.1, 0.15) is 36.5 Å². The average molecular weight is 625 g/mol. The van der Waals surface area contributed by atoms with Gasteiger partial charge in [0.2, 0.25) is 0 Å². The van der Waals surface area contributed by atoms with Gasteiger partial charge >= 0.3 is 6.18 Å². The highest BCUT2D eigenvalue weighted by atomic mass is 35.5. The molecule has 1 aromatic heterocycles. The Labute approximate surface area is 250 Å². The molecule has 42 heavy (non-hydrogen) atoms. The lowest BCUT2D eigenvalue weighted by Gasteiger charge is -2.24. The number of imide groups is 1. The normalized spacial score (nSPS) is 16.8. The van der Waals surface area contributed by atoms with Crippen molar-refractivity contribution < 1.29 is 33.0 Å². The first-order valence-electron chi connectivity index (χ1n) is 13.4. The van der Waals surface area contributed by atoms with E-state index in [1.807, 2.05) is 18.9 Å². The number of carbonyl (C=O) groups is 2. The van der Waals surface area contributed by atoms with Gasteiger partial charge in [-0.05, 0) is 79.2 Å². The fourth-order valence-electron chi connectivity index (χ4n) is 4.86. The highest BCUT2D eigenvalue weighted by molar-refractivity contribution is 8.18. The lowest BCUT2D eigenvalue weighted by atomic mass is 9.96. The molecule has 2 N–H and O–H groups in total. The van der Waals surface area contributed by atoms with Gasteiger partial charge in [0.05, 0.1) is 41.4 Å². The van der Waals surface area contributed by atoms with Gasteiger partial charge in [-0.2, -0.15) is 18.3 Å². The molecular formula is C29H32ClF3N4O4S. The molecule has 0 saturated carbocycles. The Morgan fingerprint density at radius 2 is 1.93 bits per heavy atom. The van der Waals surface area contributed by atoms with Gasteiger partial charge in [0, 0.05) is 23.5 Å². The maximum Gasteiger partial charge on any atom is 0.416 e. The van der Waals surface area contributed by atoms with Crippen LogP contribution in [0.4, 0.5) is 18.0 Å². The summed E-state index contributed by atoms with van der Waals surface area (Å²) in [7, 11) is 1.87. The second-order valence-corrected chi connectivity index (χ2v) is 11.7. The van der Waals surface area contributed by atoms with Crippen molar-refractivity contribution >= 4 is 51.5 Å². The summed E-state index contributed by atoms with van der Waals surface area (Å²) in [5, 5.41) is 23.7. The van der Waals surface area contributed by atoms with Crippen LogP contribution < -0.4 is 0 Å². The highest BCUT2D eigenvalue weighted by Crippen LogP contribution is 2.35. The first-order valence-corrected chi connectivity index (χ1v) is 14.6. The van der Waals surface area contributed by atoms with Crippen LogP contribution in [-0.4, -0.2) is 80.3 Å². The Morgan fingerprint density at radius 3 is 2.62 bits per heavy atom. The predicted octanol–water partition coefficient (Wildman–Crippen LogP) is 5.49. The summed E-state index contributed by atoms with van der Waals surface area (Å²) in [6.45, 7) is 2.88. The summed E-state index contributed by atoms with van der Waals surface area (Å²) in [5.74, 6) is -0.421. The van der Waals surface area contributed by atoms with E-state index in [2.05, 4.69) is 5.10 Å². The highest BCUT2D eigenvalue weighted by Gasteiger charge is 2.35. The van der Waals surface area contributed by atoms with Crippen LogP contribution >= 0.6 is 23.4 Å². The number of nitrogens with zero attached hydrogens (tertiary/aromatic N) is 4. The van der Waals surface area contributed by atoms with Crippen molar-refractivity contribution in [2.45, 2.75) is 38.6 Å². The Bertz CT molecular complexity index is 1480. The van der Waals surface area contributed by atoms with Crippen molar-refractivity contribution in [3.8, 4) is 0 Å². The quantitative estimate of drug-likeness (QED) is 0.257. The van der Waals surface area contributed by atoms with E-state index in [-0.39, 0.29) is 46.3 Å². The number of aliphatic hydroxyl groups excluding tert-OH is 2. The number of hydrogen-bond donors (Lipinski definition) is 2. The Morgan fingerprint density at radius 1 is 1.17 bits per heavy atom. The van der Waals surface area contributed by atoms with Gasteiger partial charge in [0.25, 0.3) is 11.1 Å². The number of hydrogen-bond acceptors (Lipinski definition) is 7. The van der Waals surface area contributed by atoms with Crippen LogP contribution in [0, 0.1) is 5.92 Å². The molecule has 2 aromatic carbocycles. The average Bonchev–Trinajstić information content (AvgIpc) is 3.46. The summed E-state index contributed by atoms with van der Waals surface area (Å²) >= 11 is 6.65. The number of amides is 2. The molecule has 2 amide bonds. The third kappa shape index (κ3) is 7.54. The second-order valence-electron chi connectivity index (χ2n) is 10.3. The summed E-state index contributed by atoms with van der Waals surface area (Å²) in [4.78, 5) is 29.1. The number of rotatable bonds is 12. The second kappa shape index (κ2) is 13.6. The third-order valence-electron chi connectivity index (χ3n) is 7.38. The van der Waals surface area contributed by atoms with Gasteiger partial charge in [-0.15, -0.1) is 0 Å². The zero-order valence-corrected chi connectivity index (χ0v) is 24.7. The largest absolute Gasteiger partial charge is 0.416 e. The molecule has 1 aliphatic rings. The minimum Gasteiger partial charge on any atom is -0.394 e. The molecule has 0 bridgehead atoms. The van der Waals surface area contributed by atoms with E-state index in [1.54, 1.807) is 30.5 Å². The number of aliphatic hydroxyl groups is 2. The molecule has 0 aliphatic carbocycles. The van der Waals surface area contributed by atoms with E-state index in [0.29, 0.717) is 36.0 Å². The summed E-state index contributed by atoms with van der Waals surface area (Å²) in [6, 6.07) is 8.85. The van der Waals surface area contributed by atoms with Crippen molar-refractivity contribution in [3.63, 3.8) is 0 Å². The monoisotopic (exact) mass is 624 g/mol. The summed E-state index contributed by atoms with van der Waals surface area (Å²) < 4.78 is 42.1. The molecule has 0 radical (unpaired) electrons. The standard InChI is InChI=1S/C29H32ClF3N4O4S/c1-3-19(25(39)17-38)8-9-35(2)10-11-36-27(40)26(42-28(36)41)13-18-4-7-24-21(12-18)15-34-37(24)16-20-5-6-22(30)14-23(20)29(31,32)33/h4-7,12-15,19,25,38-39H,3,8-11,16-17H2,1-2H3/b26-13-. The molecule has 0 spiro atoms. The number of alkyl halides is 3. The SMILES string of the molecule is CCC(CCN(C)CCN1C(=O)S/C(=C\c2ccc3c(cnn3Cc3ccc(Cl)cc3C(F)(F)F)c2)C1=O)C(O)CO. The van der Waals surface area contributed by atoms with Crippen molar-refractivity contribution in [2.75, 3.05) is 33.3 Å². The van der Waals surface area contributed by atoms with E-state index in [4.69, 9.17) is 11.6 Å². The number of thioether (sulfide) groups is 1. The van der Waals surface area contributed by atoms with E-state index >= 15 is 0 Å². The molecule has 8 nitrogen and oxygen atoms in total. The van der Waals surface area contributed by atoms with E-state index in [9.17, 15) is 33.0 Å². The van der Waals surface area contributed by atoms with Crippen molar-refractivity contribution in [3.05, 3.63) is 69.2 Å². The predicted molar refractivity (Wildman–Crippen MR) is 157 cm³/mol. The molecule has 2 atom stereocenters. The molecule has 1 aliphatic heterocycles. The maximum atomic E-state index is 13.5. The number of aromatic nitrogens is 2. The van der Waals surface area contributed by atoms with Crippen molar-refractivity contribution in [2.24, 2.45) is 5.92 Å². The van der Waals surface area contributed by atoms with Gasteiger partial charge in [-0.3, -0.25) is 19.2 Å². The lowest BCUT2D eigenvalue weighted by Crippen LogP contribution is -2.37. The van der Waals surface area contributed by atoms with E-state index < -0.39 is 23.8 Å². The molecule has 13 heteroatoms. The van der Waals surface area contributed by atoms with E-state index in [0.717, 1.165) is 24.2 Å². The third-order valence-corrected chi connectivity index (χ3v) is 8.52. The molecule has 226 valence electrons. The molecule has 1 saturated heterocycles. The topological polar surface area (TPSA) is 98.9 Å². The minimum absolute atomic E-state index is 0.00225. The van der Waals surface area contributed by atoms with Crippen LogP contribution in [0.5, 0.6) is 0 Å². The molecule has 3 aromatic rings. The van der Waals surface area contributed by atoms with Gasteiger partial charge in [0.1, 0.15) is 0 Å². The zero-order valence-electron chi connectivity index (χ0n) is 23.1. The van der Waals surface area contributed by atoms with Gasteiger partial charge in [0.15, 0.2) is 0 Å². The number of halogens is 4. The Balaban J connectivity index is 1.42. The Kier molecular flexibility index (Phi) is 10.4. The fourth-order valence-corrected chi connectivity index (χ4v) is 5.90. The van der Waals surface area contributed by atoms with Crippen LogP contribution in [0.3, 0.4) is 0 Å². The summed E-state index contributed by atoms with van der Waals surface area (Å²) in [6.07, 6.45) is -0.755. The maximum absolute atomic E-state index is 13.5. The summed E-state index contributed by atoms with van der Waals surface area (Å²) in [5.41, 5.74) is 0.486. The first-order chi connectivity index (χ1) is 19.9. The van der Waals surface area contributed by atoms with Crippen molar-refractivity contribution in [1.29, 1.82) is 0 Å². The minimum atomic E-state index is -4.56. The van der Waals surface area contributed by atoms with Gasteiger partial charge < -0.3 is 15.1 Å². The number of likely N-dealkylation sites (N-methyl/N-ethyl adjacent to an activating group) is 1. The Hall–Kier alpha value is -2.90. The molecule has 2 unspecified atom stereocenters. The number of fused-ring (bicyclic) bond motifs is 1. The molecular weight excluding hydrogens is 593 g/mol. The fraction of sp³-hybridized carbons (Fsp3) is 0.414. The van der Waals surface area contributed by atoms with Gasteiger partial charge in [-0.25, -0.2) is 0 Å². The smallest absolute Gasteiger partial charge is 0.394 e. The van der Waals surface area contributed by atoms with Gasteiger partial charge in [-0.1, -0.05) is 37.1 Å². The number of carbonyl (C=O) groups excluding carboxylic acids is 2. The van der Waals surface area contributed by atoms with Crippen LogP contribution in [0.15, 0.2) is 47.5 Å². The number of benzene rings is 2.